The molecule has 0 aliphatic carbocycles. The Hall–Kier alpha value is -6.88. The van der Waals surface area contributed by atoms with Crippen LogP contribution in [0.15, 0.2) is 176 Å². The number of nitrogens with zero attached hydrogens (tertiary/aromatic N) is 3. The predicted octanol–water partition coefficient (Wildman–Crippen LogP) is 13.9. The van der Waals surface area contributed by atoms with E-state index in [1.165, 1.54) is 74.4 Å². The summed E-state index contributed by atoms with van der Waals surface area (Å²) in [5.74, 6) is 0.665. The molecule has 9 aromatic carbocycles. The minimum absolute atomic E-state index is 0.665. The van der Waals surface area contributed by atoms with Gasteiger partial charge >= 0.3 is 0 Å². The van der Waals surface area contributed by atoms with E-state index >= 15 is 0 Å². The number of thiophene rings is 1. The minimum atomic E-state index is 0.665. The summed E-state index contributed by atoms with van der Waals surface area (Å²) in [6.45, 7) is 0. The summed E-state index contributed by atoms with van der Waals surface area (Å²) in [4.78, 5) is 10.9. The molecule has 12 aromatic rings. The number of benzene rings is 9. The van der Waals surface area contributed by atoms with Crippen LogP contribution in [0.5, 0.6) is 0 Å². The standard InChI is InChI=1S/C50H29N3S/c1-2-12-30(13-3-1)39-27-35(29-45-46(39)40-26-33-16-4-5-17-34(33)28-44(40)54-45)49-38-20-10-11-21-41(38)51-50(52-49)53-42-24-22-31-14-6-8-18-36(31)47(42)48-37-19-9-7-15-32(37)23-25-43(48)53/h1-29H. The van der Waals surface area contributed by atoms with Crippen LogP contribution < -0.4 is 0 Å². The van der Waals surface area contributed by atoms with E-state index in [2.05, 4.69) is 180 Å². The first-order valence-electron chi connectivity index (χ1n) is 18.3. The van der Waals surface area contributed by atoms with E-state index in [1.54, 1.807) is 0 Å². The summed E-state index contributed by atoms with van der Waals surface area (Å²) in [7, 11) is 0. The third kappa shape index (κ3) is 4.29. The zero-order valence-electron chi connectivity index (χ0n) is 29.0. The maximum absolute atomic E-state index is 5.57. The average Bonchev–Trinajstić information content (AvgIpc) is 3.78. The molecule has 3 aromatic heterocycles. The Morgan fingerprint density at radius 2 is 0.981 bits per heavy atom. The van der Waals surface area contributed by atoms with E-state index < -0.39 is 0 Å². The predicted molar refractivity (Wildman–Crippen MR) is 230 cm³/mol. The van der Waals surface area contributed by atoms with E-state index in [9.17, 15) is 0 Å². The summed E-state index contributed by atoms with van der Waals surface area (Å²) in [6, 6.07) is 63.6. The average molecular weight is 704 g/mol. The van der Waals surface area contributed by atoms with Gasteiger partial charge in [0.2, 0.25) is 5.95 Å². The van der Waals surface area contributed by atoms with Crippen molar-refractivity contribution in [1.29, 1.82) is 0 Å². The molecular formula is C50H29N3S. The van der Waals surface area contributed by atoms with Crippen molar-refractivity contribution in [3.63, 3.8) is 0 Å². The molecule has 54 heavy (non-hydrogen) atoms. The van der Waals surface area contributed by atoms with Crippen LogP contribution in [-0.4, -0.2) is 14.5 Å². The summed E-state index contributed by atoms with van der Waals surface area (Å²) < 4.78 is 4.81. The Labute approximate surface area is 314 Å². The molecule has 0 radical (unpaired) electrons. The third-order valence-electron chi connectivity index (χ3n) is 11.1. The smallest absolute Gasteiger partial charge is 0.235 e. The first-order valence-corrected chi connectivity index (χ1v) is 19.1. The molecule has 0 saturated heterocycles. The fourth-order valence-electron chi connectivity index (χ4n) is 8.72. The fraction of sp³-hybridized carbons (Fsp3) is 0. The van der Waals surface area contributed by atoms with Crippen molar-refractivity contribution in [2.45, 2.75) is 0 Å². The lowest BCUT2D eigenvalue weighted by molar-refractivity contribution is 1.01. The van der Waals surface area contributed by atoms with Crippen LogP contribution in [0, 0.1) is 0 Å². The molecule has 0 saturated carbocycles. The van der Waals surface area contributed by atoms with Gasteiger partial charge in [0.25, 0.3) is 0 Å². The van der Waals surface area contributed by atoms with Gasteiger partial charge < -0.3 is 0 Å². The van der Waals surface area contributed by atoms with Crippen molar-refractivity contribution in [3.8, 4) is 28.3 Å². The van der Waals surface area contributed by atoms with Crippen LogP contribution in [0.2, 0.25) is 0 Å². The highest BCUT2D eigenvalue weighted by Gasteiger charge is 2.22. The van der Waals surface area contributed by atoms with Gasteiger partial charge in [-0.05, 0) is 85.9 Å². The first kappa shape index (κ1) is 29.7. The third-order valence-corrected chi connectivity index (χ3v) is 12.2. The molecule has 250 valence electrons. The molecule has 0 spiro atoms. The van der Waals surface area contributed by atoms with Gasteiger partial charge in [0.15, 0.2) is 0 Å². The molecule has 0 fully saturated rings. The molecule has 3 nitrogen and oxygen atoms in total. The second kappa shape index (κ2) is 11.3. The summed E-state index contributed by atoms with van der Waals surface area (Å²) in [5.41, 5.74) is 7.51. The lowest BCUT2D eigenvalue weighted by atomic mass is 9.94. The van der Waals surface area contributed by atoms with Crippen molar-refractivity contribution in [1.82, 2.24) is 14.5 Å². The number of para-hydroxylation sites is 1. The summed E-state index contributed by atoms with van der Waals surface area (Å²) in [5, 5.41) is 13.5. The molecule has 0 bridgehead atoms. The van der Waals surface area contributed by atoms with Gasteiger partial charge in [-0.25, -0.2) is 9.97 Å². The highest BCUT2D eigenvalue weighted by molar-refractivity contribution is 7.26. The minimum Gasteiger partial charge on any atom is -0.278 e. The van der Waals surface area contributed by atoms with Crippen LogP contribution in [0.4, 0.5) is 0 Å². The SMILES string of the molecule is c1ccc(-c2cc(-c3nc(-n4c5ccc6ccccc6c5c5c6ccccc6ccc54)nc4ccccc34)cc3sc4cc5ccccc5cc4c23)cc1. The molecule has 0 unspecified atom stereocenters. The molecule has 0 atom stereocenters. The van der Waals surface area contributed by atoms with E-state index in [-0.39, 0.29) is 0 Å². The maximum atomic E-state index is 5.57. The monoisotopic (exact) mass is 703 g/mol. The molecule has 3 heterocycles. The molecule has 0 amide bonds. The van der Waals surface area contributed by atoms with Gasteiger partial charge in [-0.15, -0.1) is 11.3 Å². The molecule has 0 aliphatic rings. The van der Waals surface area contributed by atoms with E-state index in [0.717, 1.165) is 33.2 Å². The van der Waals surface area contributed by atoms with Gasteiger partial charge in [0, 0.05) is 41.9 Å². The number of hydrogen-bond donors (Lipinski definition) is 0. The van der Waals surface area contributed by atoms with Crippen LogP contribution >= 0.6 is 11.3 Å². The largest absolute Gasteiger partial charge is 0.278 e. The second-order valence-corrected chi connectivity index (χ2v) is 15.2. The summed E-state index contributed by atoms with van der Waals surface area (Å²) in [6.07, 6.45) is 0. The number of aromatic nitrogens is 3. The second-order valence-electron chi connectivity index (χ2n) is 14.1. The van der Waals surface area contributed by atoms with E-state index in [4.69, 9.17) is 9.97 Å². The Morgan fingerprint density at radius 3 is 1.69 bits per heavy atom. The van der Waals surface area contributed by atoms with Gasteiger partial charge in [-0.2, -0.15) is 0 Å². The van der Waals surface area contributed by atoms with Gasteiger partial charge in [-0.1, -0.05) is 133 Å². The van der Waals surface area contributed by atoms with Gasteiger partial charge in [-0.3, -0.25) is 4.57 Å². The van der Waals surface area contributed by atoms with Gasteiger partial charge in [0.05, 0.1) is 22.2 Å². The topological polar surface area (TPSA) is 30.7 Å². The van der Waals surface area contributed by atoms with Crippen LogP contribution in [-0.2, 0) is 0 Å². The zero-order chi connectivity index (χ0) is 35.3. The van der Waals surface area contributed by atoms with Gasteiger partial charge in [0.1, 0.15) is 0 Å². The van der Waals surface area contributed by atoms with E-state index in [0.29, 0.717) is 5.95 Å². The van der Waals surface area contributed by atoms with Crippen molar-refractivity contribution in [3.05, 3.63) is 176 Å². The zero-order valence-corrected chi connectivity index (χ0v) is 29.8. The van der Waals surface area contributed by atoms with Crippen LogP contribution in [0.3, 0.4) is 0 Å². The lowest BCUT2D eigenvalue weighted by Gasteiger charge is -2.14. The van der Waals surface area contributed by atoms with E-state index in [1.807, 2.05) is 11.3 Å². The van der Waals surface area contributed by atoms with Crippen molar-refractivity contribution >= 4 is 96.5 Å². The number of hydrogen-bond acceptors (Lipinski definition) is 3. The highest BCUT2D eigenvalue weighted by atomic mass is 32.1. The quantitative estimate of drug-likeness (QED) is 0.183. The Bertz CT molecular complexity index is 3410. The maximum Gasteiger partial charge on any atom is 0.235 e. The molecule has 0 aliphatic heterocycles. The molecule has 0 N–H and O–H groups in total. The Kier molecular flexibility index (Phi) is 6.21. The molecular weight excluding hydrogens is 675 g/mol. The van der Waals surface area contributed by atoms with Crippen LogP contribution in [0.25, 0.3) is 114 Å². The number of rotatable bonds is 3. The molecule has 12 rings (SSSR count). The number of fused-ring (bicyclic) bond motifs is 12. The lowest BCUT2D eigenvalue weighted by Crippen LogP contribution is -2.03. The Balaban J connectivity index is 1.19. The fourth-order valence-corrected chi connectivity index (χ4v) is 9.92. The van der Waals surface area contributed by atoms with Crippen molar-refractivity contribution < 1.29 is 0 Å². The normalized spacial score (nSPS) is 12.1. The summed E-state index contributed by atoms with van der Waals surface area (Å²) >= 11 is 1.86. The van der Waals surface area contributed by atoms with Crippen molar-refractivity contribution in [2.75, 3.05) is 0 Å². The first-order chi connectivity index (χ1) is 26.8. The highest BCUT2D eigenvalue weighted by Crippen LogP contribution is 2.45. The molecule has 4 heteroatoms. The van der Waals surface area contributed by atoms with Crippen LogP contribution in [0.1, 0.15) is 0 Å². The Morgan fingerprint density at radius 1 is 0.389 bits per heavy atom. The van der Waals surface area contributed by atoms with Crippen molar-refractivity contribution in [2.24, 2.45) is 0 Å².